The van der Waals surface area contributed by atoms with E-state index in [1.807, 2.05) is 23.6 Å². The SMILES string of the molecule is CCN(CC)C(N)=NCCC(=O)N1CCN(c2ncccn2)CC1.I. The quantitative estimate of drug-likeness (QED) is 0.383. The molecule has 1 amide bonds. The number of amides is 1. The Hall–Kier alpha value is -1.65. The van der Waals surface area contributed by atoms with Crippen LogP contribution in [0.25, 0.3) is 0 Å². The molecule has 0 spiro atoms. The van der Waals surface area contributed by atoms with Crippen molar-refractivity contribution >= 4 is 41.8 Å². The summed E-state index contributed by atoms with van der Waals surface area (Å²) in [5.41, 5.74) is 5.92. The average molecular weight is 461 g/mol. The summed E-state index contributed by atoms with van der Waals surface area (Å²) in [6, 6.07) is 1.80. The maximum Gasteiger partial charge on any atom is 0.225 e. The summed E-state index contributed by atoms with van der Waals surface area (Å²) in [6.45, 7) is 9.02. The average Bonchev–Trinajstić information content (AvgIpc) is 2.63. The highest BCUT2D eigenvalue weighted by Crippen LogP contribution is 2.10. The van der Waals surface area contributed by atoms with E-state index in [-0.39, 0.29) is 29.9 Å². The van der Waals surface area contributed by atoms with Crippen LogP contribution >= 0.6 is 24.0 Å². The van der Waals surface area contributed by atoms with E-state index in [4.69, 9.17) is 5.73 Å². The van der Waals surface area contributed by atoms with Crippen LogP contribution in [0.5, 0.6) is 0 Å². The number of rotatable bonds is 6. The Kier molecular flexibility index (Phi) is 9.46. The summed E-state index contributed by atoms with van der Waals surface area (Å²) >= 11 is 0. The fourth-order valence-corrected chi connectivity index (χ4v) is 2.68. The van der Waals surface area contributed by atoms with Crippen LogP contribution in [0.2, 0.25) is 0 Å². The zero-order chi connectivity index (χ0) is 17.4. The first-order valence-corrected chi connectivity index (χ1v) is 8.50. The molecule has 1 saturated heterocycles. The molecule has 8 nitrogen and oxygen atoms in total. The van der Waals surface area contributed by atoms with E-state index < -0.39 is 0 Å². The number of hydrogen-bond acceptors (Lipinski definition) is 5. The number of nitrogens with zero attached hydrogens (tertiary/aromatic N) is 6. The summed E-state index contributed by atoms with van der Waals surface area (Å²) < 4.78 is 0. The van der Waals surface area contributed by atoms with Gasteiger partial charge in [0.1, 0.15) is 0 Å². The number of nitrogens with two attached hydrogens (primary N) is 1. The van der Waals surface area contributed by atoms with E-state index >= 15 is 0 Å². The number of guanidine groups is 1. The van der Waals surface area contributed by atoms with Gasteiger partial charge in [0, 0.05) is 58.1 Å². The lowest BCUT2D eigenvalue weighted by molar-refractivity contribution is -0.131. The lowest BCUT2D eigenvalue weighted by Gasteiger charge is -2.34. The third kappa shape index (κ3) is 6.29. The van der Waals surface area contributed by atoms with E-state index in [0.29, 0.717) is 32.0 Å². The smallest absolute Gasteiger partial charge is 0.225 e. The van der Waals surface area contributed by atoms with Crippen LogP contribution in [0.3, 0.4) is 0 Å². The topological polar surface area (TPSA) is 91.0 Å². The molecule has 25 heavy (non-hydrogen) atoms. The Bertz CT molecular complexity index is 543. The minimum absolute atomic E-state index is 0. The van der Waals surface area contributed by atoms with Crippen molar-refractivity contribution < 1.29 is 4.79 Å². The first-order valence-electron chi connectivity index (χ1n) is 8.50. The predicted octanol–water partition coefficient (Wildman–Crippen LogP) is 0.790. The number of carbonyl (C=O) groups excluding carboxylic acids is 1. The molecule has 0 atom stereocenters. The van der Waals surface area contributed by atoms with Crippen LogP contribution in [0.15, 0.2) is 23.5 Å². The number of hydrogen-bond donors (Lipinski definition) is 1. The molecule has 2 rings (SSSR count). The van der Waals surface area contributed by atoms with Crippen LogP contribution in [0.1, 0.15) is 20.3 Å². The second-order valence-corrected chi connectivity index (χ2v) is 5.58. The van der Waals surface area contributed by atoms with E-state index in [1.165, 1.54) is 0 Å². The van der Waals surface area contributed by atoms with E-state index in [2.05, 4.69) is 19.9 Å². The Morgan fingerprint density at radius 3 is 2.36 bits per heavy atom. The minimum Gasteiger partial charge on any atom is -0.370 e. The first-order chi connectivity index (χ1) is 11.7. The van der Waals surface area contributed by atoms with Crippen molar-refractivity contribution in [1.82, 2.24) is 19.8 Å². The molecule has 9 heteroatoms. The molecule has 0 saturated carbocycles. The third-order valence-electron chi connectivity index (χ3n) is 4.15. The van der Waals surface area contributed by atoms with Gasteiger partial charge in [0.15, 0.2) is 5.96 Å². The van der Waals surface area contributed by atoms with Gasteiger partial charge in [-0.15, -0.1) is 24.0 Å². The van der Waals surface area contributed by atoms with Crippen LogP contribution in [-0.4, -0.2) is 77.4 Å². The zero-order valence-electron chi connectivity index (χ0n) is 15.0. The molecule has 1 aromatic heterocycles. The van der Waals surface area contributed by atoms with E-state index in [0.717, 1.165) is 32.1 Å². The van der Waals surface area contributed by atoms with Gasteiger partial charge in [-0.25, -0.2) is 9.97 Å². The molecule has 2 N–H and O–H groups in total. The molecule has 0 bridgehead atoms. The van der Waals surface area contributed by atoms with Crippen LogP contribution in [-0.2, 0) is 4.79 Å². The molecule has 140 valence electrons. The molecule has 1 aliphatic rings. The number of aromatic nitrogens is 2. The molecule has 0 unspecified atom stereocenters. The lowest BCUT2D eigenvalue weighted by atomic mass is 10.3. The maximum atomic E-state index is 12.3. The molecule has 2 heterocycles. The van der Waals surface area contributed by atoms with Crippen molar-refractivity contribution in [3.63, 3.8) is 0 Å². The fraction of sp³-hybridized carbons (Fsp3) is 0.625. The van der Waals surface area contributed by atoms with Gasteiger partial charge in [-0.2, -0.15) is 0 Å². The highest BCUT2D eigenvalue weighted by atomic mass is 127. The van der Waals surface area contributed by atoms with Crippen molar-refractivity contribution in [2.75, 3.05) is 50.7 Å². The molecule has 1 aliphatic heterocycles. The normalized spacial score (nSPS) is 14.9. The van der Waals surface area contributed by atoms with Gasteiger partial charge >= 0.3 is 0 Å². The number of piperazine rings is 1. The fourth-order valence-electron chi connectivity index (χ4n) is 2.68. The van der Waals surface area contributed by atoms with Crippen molar-refractivity contribution in [3.05, 3.63) is 18.5 Å². The zero-order valence-corrected chi connectivity index (χ0v) is 17.3. The lowest BCUT2D eigenvalue weighted by Crippen LogP contribution is -2.49. The highest BCUT2D eigenvalue weighted by molar-refractivity contribution is 14.0. The highest BCUT2D eigenvalue weighted by Gasteiger charge is 2.22. The Balaban J connectivity index is 0.00000312. The van der Waals surface area contributed by atoms with Gasteiger partial charge in [-0.05, 0) is 19.9 Å². The molecule has 1 fully saturated rings. The molecule has 0 radical (unpaired) electrons. The predicted molar refractivity (Wildman–Crippen MR) is 110 cm³/mol. The van der Waals surface area contributed by atoms with Gasteiger partial charge in [-0.1, -0.05) is 0 Å². The van der Waals surface area contributed by atoms with Crippen LogP contribution in [0, 0.1) is 0 Å². The second kappa shape index (κ2) is 11.1. The summed E-state index contributed by atoms with van der Waals surface area (Å²) in [7, 11) is 0. The number of anilines is 1. The minimum atomic E-state index is 0. The number of carbonyl (C=O) groups is 1. The Morgan fingerprint density at radius 2 is 1.80 bits per heavy atom. The molecule has 1 aromatic rings. The van der Waals surface area contributed by atoms with Crippen molar-refractivity contribution in [1.29, 1.82) is 0 Å². The van der Waals surface area contributed by atoms with Crippen molar-refractivity contribution in [3.8, 4) is 0 Å². The van der Waals surface area contributed by atoms with Gasteiger partial charge in [-0.3, -0.25) is 9.79 Å². The van der Waals surface area contributed by atoms with Gasteiger partial charge in [0.05, 0.1) is 6.54 Å². The summed E-state index contributed by atoms with van der Waals surface area (Å²) in [5.74, 6) is 1.36. The maximum absolute atomic E-state index is 12.3. The van der Waals surface area contributed by atoms with Gasteiger partial charge in [0.2, 0.25) is 11.9 Å². The summed E-state index contributed by atoms with van der Waals surface area (Å²) in [4.78, 5) is 31.0. The molecular formula is C16H28IN7O. The number of aliphatic imine (C=N–C) groups is 1. The van der Waals surface area contributed by atoms with E-state index in [1.54, 1.807) is 18.5 Å². The largest absolute Gasteiger partial charge is 0.370 e. The number of halogens is 1. The van der Waals surface area contributed by atoms with Gasteiger partial charge < -0.3 is 20.4 Å². The Labute approximate surface area is 166 Å². The third-order valence-corrected chi connectivity index (χ3v) is 4.15. The monoisotopic (exact) mass is 461 g/mol. The van der Waals surface area contributed by atoms with E-state index in [9.17, 15) is 4.79 Å². The van der Waals surface area contributed by atoms with Gasteiger partial charge in [0.25, 0.3) is 0 Å². The summed E-state index contributed by atoms with van der Waals surface area (Å²) in [6.07, 6.45) is 3.86. The molecular weight excluding hydrogens is 433 g/mol. The first kappa shape index (κ1) is 21.4. The standard InChI is InChI=1S/C16H27N7O.HI/c1-3-21(4-2)15(17)18-9-6-14(24)22-10-12-23(13-11-22)16-19-7-5-8-20-16;/h5,7-8H,3-4,6,9-13H2,1-2H3,(H2,17,18);1H. The summed E-state index contributed by atoms with van der Waals surface area (Å²) in [5, 5.41) is 0. The Morgan fingerprint density at radius 1 is 1.20 bits per heavy atom. The second-order valence-electron chi connectivity index (χ2n) is 5.58. The van der Waals surface area contributed by atoms with Crippen LogP contribution in [0.4, 0.5) is 5.95 Å². The molecule has 0 aromatic carbocycles. The van der Waals surface area contributed by atoms with Crippen LogP contribution < -0.4 is 10.6 Å². The van der Waals surface area contributed by atoms with Crippen molar-refractivity contribution in [2.45, 2.75) is 20.3 Å². The van der Waals surface area contributed by atoms with Crippen molar-refractivity contribution in [2.24, 2.45) is 10.7 Å². The molecule has 0 aliphatic carbocycles.